The summed E-state index contributed by atoms with van der Waals surface area (Å²) in [4.78, 5) is 23.5. The molecule has 0 bridgehead atoms. The van der Waals surface area contributed by atoms with E-state index in [4.69, 9.17) is 21.1 Å². The van der Waals surface area contributed by atoms with Gasteiger partial charge in [-0.15, -0.1) is 0 Å². The minimum atomic E-state index is -0.607. The molecule has 1 unspecified atom stereocenters. The van der Waals surface area contributed by atoms with Crippen LogP contribution in [0.1, 0.15) is 6.92 Å². The molecule has 6 nitrogen and oxygen atoms in total. The monoisotopic (exact) mass is 362 g/mol. The topological polar surface area (TPSA) is 76.7 Å². The van der Waals surface area contributed by atoms with Crippen LogP contribution in [0.15, 0.2) is 54.6 Å². The number of nitrogens with one attached hydrogen (secondary N) is 2. The van der Waals surface area contributed by atoms with Crippen molar-refractivity contribution in [1.82, 2.24) is 5.32 Å². The summed E-state index contributed by atoms with van der Waals surface area (Å²) in [7, 11) is 0. The van der Waals surface area contributed by atoms with Crippen LogP contribution in [-0.2, 0) is 9.53 Å². The fraction of sp³-hybridized carbons (Fsp3) is 0.222. The first-order valence-electron chi connectivity index (χ1n) is 7.70. The maximum atomic E-state index is 11.8. The van der Waals surface area contributed by atoms with E-state index in [1.807, 2.05) is 18.2 Å². The highest BCUT2D eigenvalue weighted by Gasteiger charge is 2.11. The second-order valence-electron chi connectivity index (χ2n) is 5.25. The van der Waals surface area contributed by atoms with Crippen LogP contribution in [0.5, 0.6) is 5.75 Å². The molecule has 0 saturated heterocycles. The number of para-hydroxylation sites is 1. The van der Waals surface area contributed by atoms with Crippen LogP contribution in [0, 0.1) is 0 Å². The summed E-state index contributed by atoms with van der Waals surface area (Å²) in [5.41, 5.74) is 0.571. The highest BCUT2D eigenvalue weighted by Crippen LogP contribution is 2.13. The van der Waals surface area contributed by atoms with Crippen molar-refractivity contribution in [3.63, 3.8) is 0 Å². The fourth-order valence-electron chi connectivity index (χ4n) is 1.88. The number of benzene rings is 2. The molecular formula is C18H19ClN2O4. The van der Waals surface area contributed by atoms with E-state index >= 15 is 0 Å². The SMILES string of the molecule is CC(CNC(=O)COc1ccccc1)OC(=O)Nc1ccc(Cl)cc1. The molecule has 25 heavy (non-hydrogen) atoms. The summed E-state index contributed by atoms with van der Waals surface area (Å²) in [5, 5.41) is 5.80. The maximum absolute atomic E-state index is 11.8. The first kappa shape index (κ1) is 18.6. The molecule has 0 radical (unpaired) electrons. The summed E-state index contributed by atoms with van der Waals surface area (Å²) < 4.78 is 10.5. The van der Waals surface area contributed by atoms with Crippen molar-refractivity contribution >= 4 is 29.3 Å². The Balaban J connectivity index is 1.65. The van der Waals surface area contributed by atoms with E-state index in [0.717, 1.165) is 0 Å². The molecule has 2 rings (SSSR count). The Morgan fingerprint density at radius 2 is 1.76 bits per heavy atom. The third-order valence-electron chi connectivity index (χ3n) is 3.10. The quantitative estimate of drug-likeness (QED) is 0.790. The highest BCUT2D eigenvalue weighted by atomic mass is 35.5. The molecule has 0 aliphatic heterocycles. The number of hydrogen-bond donors (Lipinski definition) is 2. The van der Waals surface area contributed by atoms with Crippen molar-refractivity contribution in [2.45, 2.75) is 13.0 Å². The lowest BCUT2D eigenvalue weighted by Crippen LogP contribution is -2.36. The Hall–Kier alpha value is -2.73. The average molecular weight is 363 g/mol. The average Bonchev–Trinajstić information content (AvgIpc) is 2.61. The number of carbonyl (C=O) groups excluding carboxylic acids is 2. The minimum Gasteiger partial charge on any atom is -0.484 e. The fourth-order valence-corrected chi connectivity index (χ4v) is 2.01. The van der Waals surface area contributed by atoms with Crippen LogP contribution in [0.4, 0.5) is 10.5 Å². The zero-order chi connectivity index (χ0) is 18.1. The van der Waals surface area contributed by atoms with Crippen LogP contribution >= 0.6 is 11.6 Å². The van der Waals surface area contributed by atoms with Crippen LogP contribution in [-0.4, -0.2) is 31.3 Å². The predicted octanol–water partition coefficient (Wildman–Crippen LogP) is 3.47. The molecule has 0 fully saturated rings. The zero-order valence-corrected chi connectivity index (χ0v) is 14.5. The summed E-state index contributed by atoms with van der Waals surface area (Å²) in [5.74, 6) is 0.321. The number of rotatable bonds is 7. The maximum Gasteiger partial charge on any atom is 0.411 e. The van der Waals surface area contributed by atoms with Gasteiger partial charge in [0.15, 0.2) is 6.61 Å². The first-order chi connectivity index (χ1) is 12.0. The Kier molecular flexibility index (Phi) is 7.10. The number of halogens is 1. The zero-order valence-electron chi connectivity index (χ0n) is 13.7. The third kappa shape index (κ3) is 7.14. The van der Waals surface area contributed by atoms with Crippen molar-refractivity contribution in [2.75, 3.05) is 18.5 Å². The number of carbonyl (C=O) groups is 2. The lowest BCUT2D eigenvalue weighted by Gasteiger charge is -2.15. The smallest absolute Gasteiger partial charge is 0.411 e. The second-order valence-corrected chi connectivity index (χ2v) is 5.69. The molecule has 0 aliphatic carbocycles. The van der Waals surface area contributed by atoms with Gasteiger partial charge in [0.2, 0.25) is 0 Å². The molecule has 7 heteroatoms. The Bertz CT molecular complexity index is 692. The van der Waals surface area contributed by atoms with E-state index in [9.17, 15) is 9.59 Å². The lowest BCUT2D eigenvalue weighted by molar-refractivity contribution is -0.123. The van der Waals surface area contributed by atoms with Gasteiger partial charge in [-0.25, -0.2) is 4.79 Å². The number of anilines is 1. The van der Waals surface area contributed by atoms with Crippen molar-refractivity contribution in [1.29, 1.82) is 0 Å². The lowest BCUT2D eigenvalue weighted by atomic mass is 10.3. The number of hydrogen-bond acceptors (Lipinski definition) is 4. The van der Waals surface area contributed by atoms with Gasteiger partial charge in [-0.05, 0) is 43.3 Å². The Morgan fingerprint density at radius 1 is 1.08 bits per heavy atom. The van der Waals surface area contributed by atoms with Gasteiger partial charge >= 0.3 is 6.09 Å². The van der Waals surface area contributed by atoms with Crippen LogP contribution in [0.3, 0.4) is 0 Å². The van der Waals surface area contributed by atoms with Gasteiger partial charge in [-0.1, -0.05) is 29.8 Å². The molecule has 132 valence electrons. The molecule has 0 aromatic heterocycles. The van der Waals surface area contributed by atoms with Gasteiger partial charge in [0.1, 0.15) is 11.9 Å². The molecule has 2 aromatic carbocycles. The predicted molar refractivity (Wildman–Crippen MR) is 96.0 cm³/mol. The van der Waals surface area contributed by atoms with Gasteiger partial charge in [0.25, 0.3) is 5.91 Å². The van der Waals surface area contributed by atoms with Gasteiger partial charge in [0, 0.05) is 10.7 Å². The summed E-state index contributed by atoms with van der Waals surface area (Å²) in [6.45, 7) is 1.76. The number of ether oxygens (including phenoxy) is 2. The van der Waals surface area contributed by atoms with E-state index < -0.39 is 12.2 Å². The van der Waals surface area contributed by atoms with Crippen molar-refractivity contribution in [3.8, 4) is 5.75 Å². The van der Waals surface area contributed by atoms with E-state index in [0.29, 0.717) is 16.5 Å². The van der Waals surface area contributed by atoms with Gasteiger partial charge in [0.05, 0.1) is 6.54 Å². The molecule has 0 aliphatic rings. The largest absolute Gasteiger partial charge is 0.484 e. The molecule has 0 heterocycles. The van der Waals surface area contributed by atoms with E-state index in [-0.39, 0.29) is 19.1 Å². The van der Waals surface area contributed by atoms with Crippen LogP contribution < -0.4 is 15.4 Å². The van der Waals surface area contributed by atoms with Crippen LogP contribution in [0.2, 0.25) is 5.02 Å². The molecular weight excluding hydrogens is 344 g/mol. The highest BCUT2D eigenvalue weighted by molar-refractivity contribution is 6.30. The van der Waals surface area contributed by atoms with Gasteiger partial charge < -0.3 is 14.8 Å². The summed E-state index contributed by atoms with van der Waals surface area (Å²) in [6.07, 6.45) is -1.10. The van der Waals surface area contributed by atoms with Crippen molar-refractivity contribution in [3.05, 3.63) is 59.6 Å². The molecule has 1 atom stereocenters. The first-order valence-corrected chi connectivity index (χ1v) is 8.08. The summed E-state index contributed by atoms with van der Waals surface area (Å²) in [6, 6.07) is 15.7. The van der Waals surface area contributed by atoms with Crippen molar-refractivity contribution < 1.29 is 19.1 Å². The van der Waals surface area contributed by atoms with Gasteiger partial charge in [-0.3, -0.25) is 10.1 Å². The van der Waals surface area contributed by atoms with Crippen LogP contribution in [0.25, 0.3) is 0 Å². The Morgan fingerprint density at radius 3 is 2.44 bits per heavy atom. The molecule has 2 amide bonds. The normalized spacial score (nSPS) is 11.3. The molecule has 0 saturated carbocycles. The van der Waals surface area contributed by atoms with E-state index in [1.165, 1.54) is 0 Å². The summed E-state index contributed by atoms with van der Waals surface area (Å²) >= 11 is 5.77. The molecule has 2 aromatic rings. The van der Waals surface area contributed by atoms with Crippen molar-refractivity contribution in [2.24, 2.45) is 0 Å². The second kappa shape index (κ2) is 9.54. The van der Waals surface area contributed by atoms with E-state index in [2.05, 4.69) is 10.6 Å². The van der Waals surface area contributed by atoms with E-state index in [1.54, 1.807) is 43.3 Å². The third-order valence-corrected chi connectivity index (χ3v) is 3.35. The molecule has 0 spiro atoms. The van der Waals surface area contributed by atoms with Gasteiger partial charge in [-0.2, -0.15) is 0 Å². The standard InChI is InChI=1S/C18H19ClN2O4/c1-13(25-18(23)21-15-9-7-14(19)8-10-15)11-20-17(22)12-24-16-5-3-2-4-6-16/h2-10,13H,11-12H2,1H3,(H,20,22)(H,21,23). The minimum absolute atomic E-state index is 0.103. The Labute approximate surface area is 151 Å². The number of amides is 2. The molecule has 2 N–H and O–H groups in total.